The Morgan fingerprint density at radius 3 is 2.50 bits per heavy atom. The summed E-state index contributed by atoms with van der Waals surface area (Å²) in [5, 5.41) is 22.3. The third-order valence-corrected chi connectivity index (χ3v) is 3.17. The molecule has 22 heavy (non-hydrogen) atoms. The zero-order valence-electron chi connectivity index (χ0n) is 11.8. The molecule has 0 aliphatic carbocycles. The van der Waals surface area contributed by atoms with E-state index in [9.17, 15) is 0 Å². The quantitative estimate of drug-likeness (QED) is 0.698. The van der Waals surface area contributed by atoms with Gasteiger partial charge in [-0.3, -0.25) is 4.68 Å². The van der Waals surface area contributed by atoms with Crippen LogP contribution in [0.3, 0.4) is 0 Å². The van der Waals surface area contributed by atoms with Crippen LogP contribution >= 0.6 is 0 Å². The van der Waals surface area contributed by atoms with Crippen molar-refractivity contribution in [3.63, 3.8) is 0 Å². The SMILES string of the molecule is OB(O)c1cnn(Cc2cccc(Oc3ccccc3)c2)c1. The predicted octanol–water partition coefficient (Wildman–Crippen LogP) is 1.40. The van der Waals surface area contributed by atoms with Crippen LogP contribution in [-0.2, 0) is 6.54 Å². The Morgan fingerprint density at radius 2 is 1.77 bits per heavy atom. The summed E-state index contributed by atoms with van der Waals surface area (Å²) >= 11 is 0. The average molecular weight is 294 g/mol. The first kappa shape index (κ1) is 14.4. The molecule has 0 aliphatic heterocycles. The van der Waals surface area contributed by atoms with Gasteiger partial charge in [-0.2, -0.15) is 5.10 Å². The molecule has 0 unspecified atom stereocenters. The highest BCUT2D eigenvalue weighted by atomic mass is 16.5. The monoisotopic (exact) mass is 294 g/mol. The Bertz CT molecular complexity index is 744. The smallest absolute Gasteiger partial charge is 0.457 e. The van der Waals surface area contributed by atoms with Crippen molar-refractivity contribution in [3.8, 4) is 11.5 Å². The minimum absolute atomic E-state index is 0.372. The highest BCUT2D eigenvalue weighted by Crippen LogP contribution is 2.22. The Kier molecular flexibility index (Phi) is 4.23. The van der Waals surface area contributed by atoms with Crippen LogP contribution in [0.15, 0.2) is 67.0 Å². The number of ether oxygens (including phenoxy) is 1. The fourth-order valence-electron chi connectivity index (χ4n) is 2.12. The number of aromatic nitrogens is 2. The first-order chi connectivity index (χ1) is 10.7. The zero-order chi connectivity index (χ0) is 15.4. The van der Waals surface area contributed by atoms with Crippen molar-refractivity contribution >= 4 is 12.6 Å². The normalized spacial score (nSPS) is 10.5. The average Bonchev–Trinajstić information content (AvgIpc) is 2.97. The molecule has 1 heterocycles. The van der Waals surface area contributed by atoms with Crippen molar-refractivity contribution in [1.29, 1.82) is 0 Å². The van der Waals surface area contributed by atoms with Gasteiger partial charge in [-0.05, 0) is 29.8 Å². The van der Waals surface area contributed by atoms with E-state index < -0.39 is 7.12 Å². The molecule has 2 aromatic carbocycles. The first-order valence-corrected chi connectivity index (χ1v) is 6.91. The molecule has 110 valence electrons. The van der Waals surface area contributed by atoms with Crippen LogP contribution in [-0.4, -0.2) is 26.9 Å². The number of nitrogens with zero attached hydrogens (tertiary/aromatic N) is 2. The molecular formula is C16H15BN2O3. The van der Waals surface area contributed by atoms with Gasteiger partial charge in [0.1, 0.15) is 11.5 Å². The third-order valence-electron chi connectivity index (χ3n) is 3.17. The Labute approximate surface area is 128 Å². The summed E-state index contributed by atoms with van der Waals surface area (Å²) in [6.07, 6.45) is 3.05. The van der Waals surface area contributed by atoms with Crippen molar-refractivity contribution < 1.29 is 14.8 Å². The maximum absolute atomic E-state index is 9.09. The van der Waals surface area contributed by atoms with Crippen LogP contribution in [0.4, 0.5) is 0 Å². The van der Waals surface area contributed by atoms with Crippen LogP contribution in [0, 0.1) is 0 Å². The molecule has 3 aromatic rings. The predicted molar refractivity (Wildman–Crippen MR) is 84.1 cm³/mol. The van der Waals surface area contributed by atoms with E-state index in [-0.39, 0.29) is 0 Å². The number of benzene rings is 2. The summed E-state index contributed by atoms with van der Waals surface area (Å²) in [6.45, 7) is 0.526. The van der Waals surface area contributed by atoms with Gasteiger partial charge in [0.05, 0.1) is 6.54 Å². The molecule has 0 bridgehead atoms. The van der Waals surface area contributed by atoms with Crippen molar-refractivity contribution in [2.45, 2.75) is 6.54 Å². The lowest BCUT2D eigenvalue weighted by molar-refractivity contribution is 0.425. The van der Waals surface area contributed by atoms with Gasteiger partial charge in [-0.15, -0.1) is 0 Å². The Balaban J connectivity index is 1.73. The zero-order valence-corrected chi connectivity index (χ0v) is 11.8. The van der Waals surface area contributed by atoms with E-state index in [0.717, 1.165) is 17.1 Å². The van der Waals surface area contributed by atoms with Crippen molar-refractivity contribution in [2.75, 3.05) is 0 Å². The fraction of sp³-hybridized carbons (Fsp3) is 0.0625. The van der Waals surface area contributed by atoms with Gasteiger partial charge in [-0.1, -0.05) is 30.3 Å². The standard InChI is InChI=1S/C16H15BN2O3/c20-17(21)14-10-18-19(12-14)11-13-5-4-8-16(9-13)22-15-6-2-1-3-7-15/h1-10,12,20-21H,11H2. The van der Waals surface area contributed by atoms with Crippen LogP contribution in [0.2, 0.25) is 0 Å². The molecule has 1 aromatic heterocycles. The largest absolute Gasteiger partial charge is 0.491 e. The molecule has 0 spiro atoms. The minimum atomic E-state index is -1.50. The van der Waals surface area contributed by atoms with Gasteiger partial charge in [0.15, 0.2) is 0 Å². The second-order valence-electron chi connectivity index (χ2n) is 4.91. The van der Waals surface area contributed by atoms with E-state index in [1.165, 1.54) is 6.20 Å². The van der Waals surface area contributed by atoms with E-state index in [1.54, 1.807) is 10.9 Å². The lowest BCUT2D eigenvalue weighted by atomic mass is 9.83. The summed E-state index contributed by atoms with van der Waals surface area (Å²) in [4.78, 5) is 0. The van der Waals surface area contributed by atoms with Gasteiger partial charge in [0.2, 0.25) is 0 Å². The molecule has 0 radical (unpaired) electrons. The van der Waals surface area contributed by atoms with Gasteiger partial charge in [0, 0.05) is 17.9 Å². The second kappa shape index (κ2) is 6.47. The molecule has 5 nitrogen and oxygen atoms in total. The van der Waals surface area contributed by atoms with Crippen LogP contribution in [0.5, 0.6) is 11.5 Å². The number of hydrogen-bond acceptors (Lipinski definition) is 4. The highest BCUT2D eigenvalue weighted by Gasteiger charge is 2.13. The molecule has 0 amide bonds. The van der Waals surface area contributed by atoms with Crippen LogP contribution < -0.4 is 10.2 Å². The van der Waals surface area contributed by atoms with Crippen molar-refractivity contribution in [2.24, 2.45) is 0 Å². The van der Waals surface area contributed by atoms with Gasteiger partial charge < -0.3 is 14.8 Å². The minimum Gasteiger partial charge on any atom is -0.457 e. The molecule has 0 fully saturated rings. The lowest BCUT2D eigenvalue weighted by Gasteiger charge is -2.08. The fourth-order valence-corrected chi connectivity index (χ4v) is 2.12. The van der Waals surface area contributed by atoms with E-state index >= 15 is 0 Å². The van der Waals surface area contributed by atoms with Gasteiger partial charge in [0.25, 0.3) is 0 Å². The summed E-state index contributed by atoms with van der Waals surface area (Å²) in [5.74, 6) is 1.53. The lowest BCUT2D eigenvalue weighted by Crippen LogP contribution is -2.28. The Morgan fingerprint density at radius 1 is 1.00 bits per heavy atom. The van der Waals surface area contributed by atoms with E-state index in [2.05, 4.69) is 5.10 Å². The van der Waals surface area contributed by atoms with Crippen molar-refractivity contribution in [1.82, 2.24) is 9.78 Å². The van der Waals surface area contributed by atoms with E-state index in [0.29, 0.717) is 12.0 Å². The van der Waals surface area contributed by atoms with E-state index in [1.807, 2.05) is 54.6 Å². The maximum Gasteiger partial charge on any atom is 0.491 e. The molecule has 2 N–H and O–H groups in total. The number of rotatable bonds is 5. The molecular weight excluding hydrogens is 279 g/mol. The van der Waals surface area contributed by atoms with Gasteiger partial charge >= 0.3 is 7.12 Å². The Hall–Kier alpha value is -2.57. The molecule has 3 rings (SSSR count). The number of hydrogen-bond donors (Lipinski definition) is 2. The topological polar surface area (TPSA) is 67.5 Å². The third kappa shape index (κ3) is 3.55. The highest BCUT2D eigenvalue weighted by molar-refractivity contribution is 6.58. The van der Waals surface area contributed by atoms with E-state index in [4.69, 9.17) is 14.8 Å². The molecule has 0 saturated heterocycles. The summed E-state index contributed by atoms with van der Waals surface area (Å²) in [5.41, 5.74) is 1.38. The second-order valence-corrected chi connectivity index (χ2v) is 4.91. The summed E-state index contributed by atoms with van der Waals surface area (Å²) < 4.78 is 7.44. The first-order valence-electron chi connectivity index (χ1n) is 6.91. The summed E-state index contributed by atoms with van der Waals surface area (Å²) in [6, 6.07) is 17.3. The number of para-hydroxylation sites is 1. The summed E-state index contributed by atoms with van der Waals surface area (Å²) in [7, 11) is -1.50. The molecule has 0 saturated carbocycles. The van der Waals surface area contributed by atoms with Crippen LogP contribution in [0.25, 0.3) is 0 Å². The molecule has 6 heteroatoms. The maximum atomic E-state index is 9.09. The van der Waals surface area contributed by atoms with Crippen molar-refractivity contribution in [3.05, 3.63) is 72.6 Å². The molecule has 0 atom stereocenters. The molecule has 0 aliphatic rings. The van der Waals surface area contributed by atoms with Gasteiger partial charge in [-0.25, -0.2) is 0 Å². The van der Waals surface area contributed by atoms with Crippen LogP contribution in [0.1, 0.15) is 5.56 Å².